The van der Waals surface area contributed by atoms with Crippen LogP contribution in [0.2, 0.25) is 0 Å². The van der Waals surface area contributed by atoms with Gasteiger partial charge in [0.2, 0.25) is 5.91 Å². The number of benzene rings is 1. The lowest BCUT2D eigenvalue weighted by Crippen LogP contribution is -2.19. The zero-order chi connectivity index (χ0) is 15.0. The lowest BCUT2D eigenvalue weighted by atomic mass is 10.2. The third kappa shape index (κ3) is 5.46. The average Bonchev–Trinajstić information content (AvgIpc) is 2.41. The van der Waals surface area contributed by atoms with Crippen LogP contribution in [0.3, 0.4) is 0 Å². The molecule has 0 saturated heterocycles. The molecule has 1 atom stereocenters. The highest BCUT2D eigenvalue weighted by Crippen LogP contribution is 2.26. The number of methoxy groups -OCH3 is 2. The zero-order valence-electron chi connectivity index (χ0n) is 12.1. The Balaban J connectivity index is 2.42. The van der Waals surface area contributed by atoms with Crippen LogP contribution in [0.4, 0.5) is 11.4 Å². The number of anilines is 2. The number of nitrogens with one attached hydrogen (secondary N) is 1. The summed E-state index contributed by atoms with van der Waals surface area (Å²) < 4.78 is 15.5. The number of nitrogen functional groups attached to an aromatic ring is 1. The quantitative estimate of drug-likeness (QED) is 0.708. The van der Waals surface area contributed by atoms with Crippen molar-refractivity contribution in [1.29, 1.82) is 0 Å². The maximum Gasteiger partial charge on any atom is 0.226 e. The molecule has 0 spiro atoms. The minimum atomic E-state index is -0.141. The van der Waals surface area contributed by atoms with Gasteiger partial charge in [-0.05, 0) is 19.1 Å². The normalized spacial score (nSPS) is 11.9. The largest absolute Gasteiger partial charge is 0.494 e. The summed E-state index contributed by atoms with van der Waals surface area (Å²) in [6.07, 6.45) is 0.237. The Morgan fingerprint density at radius 2 is 2.15 bits per heavy atom. The van der Waals surface area contributed by atoms with Gasteiger partial charge < -0.3 is 25.3 Å². The topological polar surface area (TPSA) is 82.8 Å². The Hall–Kier alpha value is -1.79. The minimum absolute atomic E-state index is 0.0288. The van der Waals surface area contributed by atoms with Crippen molar-refractivity contribution in [3.8, 4) is 5.75 Å². The maximum absolute atomic E-state index is 11.8. The number of hydrogen-bond acceptors (Lipinski definition) is 5. The molecular formula is C14H22N2O4. The molecule has 1 unspecified atom stereocenters. The molecule has 3 N–H and O–H groups in total. The van der Waals surface area contributed by atoms with Gasteiger partial charge in [0.05, 0.1) is 38.5 Å². The van der Waals surface area contributed by atoms with E-state index in [4.69, 9.17) is 19.9 Å². The minimum Gasteiger partial charge on any atom is -0.494 e. The molecule has 0 radical (unpaired) electrons. The molecule has 1 aromatic carbocycles. The number of ether oxygens (including phenoxy) is 3. The summed E-state index contributed by atoms with van der Waals surface area (Å²) >= 11 is 0. The summed E-state index contributed by atoms with van der Waals surface area (Å²) in [7, 11) is 3.14. The molecule has 1 amide bonds. The zero-order valence-corrected chi connectivity index (χ0v) is 12.1. The Bertz CT molecular complexity index is 437. The monoisotopic (exact) mass is 282 g/mol. The number of rotatable bonds is 8. The smallest absolute Gasteiger partial charge is 0.226 e. The number of hydrogen-bond donors (Lipinski definition) is 2. The highest BCUT2D eigenvalue weighted by Gasteiger charge is 2.09. The molecule has 0 bridgehead atoms. The summed E-state index contributed by atoms with van der Waals surface area (Å²) in [4.78, 5) is 11.8. The van der Waals surface area contributed by atoms with Gasteiger partial charge >= 0.3 is 0 Å². The van der Waals surface area contributed by atoms with Gasteiger partial charge in [-0.3, -0.25) is 4.79 Å². The first-order chi connectivity index (χ1) is 9.56. The molecule has 0 heterocycles. The van der Waals surface area contributed by atoms with E-state index in [0.29, 0.717) is 30.3 Å². The molecule has 0 aromatic heterocycles. The van der Waals surface area contributed by atoms with Crippen LogP contribution in [0.25, 0.3) is 0 Å². The van der Waals surface area contributed by atoms with Crippen LogP contribution in [0.5, 0.6) is 5.75 Å². The second kappa shape index (κ2) is 8.39. The molecule has 0 aliphatic heterocycles. The highest BCUT2D eigenvalue weighted by molar-refractivity contribution is 5.92. The third-order valence-electron chi connectivity index (χ3n) is 2.63. The van der Waals surface area contributed by atoms with Crippen LogP contribution in [0.1, 0.15) is 13.3 Å². The van der Waals surface area contributed by atoms with Gasteiger partial charge in [0, 0.05) is 18.9 Å². The van der Waals surface area contributed by atoms with Gasteiger partial charge in [-0.2, -0.15) is 0 Å². The first-order valence-corrected chi connectivity index (χ1v) is 6.40. The summed E-state index contributed by atoms with van der Waals surface area (Å²) in [5.74, 6) is 0.393. The molecular weight excluding hydrogens is 260 g/mol. The van der Waals surface area contributed by atoms with Crippen molar-refractivity contribution in [2.24, 2.45) is 0 Å². The van der Waals surface area contributed by atoms with Gasteiger partial charge in [-0.25, -0.2) is 0 Å². The van der Waals surface area contributed by atoms with Gasteiger partial charge in [-0.15, -0.1) is 0 Å². The van der Waals surface area contributed by atoms with E-state index in [1.54, 1.807) is 25.3 Å². The second-order valence-electron chi connectivity index (χ2n) is 4.39. The third-order valence-corrected chi connectivity index (χ3v) is 2.63. The molecule has 6 heteroatoms. The van der Waals surface area contributed by atoms with E-state index in [1.165, 1.54) is 7.11 Å². The van der Waals surface area contributed by atoms with Crippen molar-refractivity contribution >= 4 is 17.3 Å². The van der Waals surface area contributed by atoms with Crippen molar-refractivity contribution in [2.45, 2.75) is 19.4 Å². The van der Waals surface area contributed by atoms with Crippen LogP contribution in [0.15, 0.2) is 18.2 Å². The van der Waals surface area contributed by atoms with E-state index in [1.807, 2.05) is 6.92 Å². The predicted molar refractivity (Wildman–Crippen MR) is 77.9 cm³/mol. The fourth-order valence-corrected chi connectivity index (χ4v) is 1.66. The molecule has 0 fully saturated rings. The predicted octanol–water partition coefficient (Wildman–Crippen LogP) is 1.66. The molecule has 6 nitrogen and oxygen atoms in total. The SMILES string of the molecule is COCC(C)OCCC(=O)Nc1ccc(N)cc1OC. The van der Waals surface area contributed by atoms with Crippen LogP contribution in [-0.4, -0.2) is 39.4 Å². The summed E-state index contributed by atoms with van der Waals surface area (Å²) in [5.41, 5.74) is 6.83. The second-order valence-corrected chi connectivity index (χ2v) is 4.39. The number of carbonyl (C=O) groups excluding carboxylic acids is 1. The standard InChI is InChI=1S/C14H22N2O4/c1-10(9-18-2)20-7-6-14(17)16-12-5-4-11(15)8-13(12)19-3/h4-5,8,10H,6-7,9,15H2,1-3H3,(H,16,17). The van der Waals surface area contributed by atoms with Crippen LogP contribution in [0, 0.1) is 0 Å². The molecule has 1 aromatic rings. The fraction of sp³-hybridized carbons (Fsp3) is 0.500. The van der Waals surface area contributed by atoms with Gasteiger partial charge in [0.15, 0.2) is 0 Å². The number of carbonyl (C=O) groups is 1. The average molecular weight is 282 g/mol. The van der Waals surface area contributed by atoms with E-state index < -0.39 is 0 Å². The Kier molecular flexibility index (Phi) is 6.83. The summed E-state index contributed by atoms with van der Waals surface area (Å²) in [5, 5.41) is 2.76. The van der Waals surface area contributed by atoms with Crippen molar-refractivity contribution in [1.82, 2.24) is 0 Å². The number of nitrogens with two attached hydrogens (primary N) is 1. The van der Waals surface area contributed by atoms with Crippen molar-refractivity contribution in [3.05, 3.63) is 18.2 Å². The Morgan fingerprint density at radius 3 is 2.80 bits per heavy atom. The lowest BCUT2D eigenvalue weighted by molar-refractivity contribution is -0.117. The fourth-order valence-electron chi connectivity index (χ4n) is 1.66. The molecule has 0 aliphatic rings. The van der Waals surface area contributed by atoms with Crippen molar-refractivity contribution < 1.29 is 19.0 Å². The van der Waals surface area contributed by atoms with E-state index in [0.717, 1.165) is 0 Å². The summed E-state index contributed by atoms with van der Waals surface area (Å²) in [6, 6.07) is 5.07. The van der Waals surface area contributed by atoms with E-state index in [-0.39, 0.29) is 18.4 Å². The lowest BCUT2D eigenvalue weighted by Gasteiger charge is -2.13. The van der Waals surface area contributed by atoms with E-state index in [9.17, 15) is 4.79 Å². The summed E-state index contributed by atoms with van der Waals surface area (Å²) in [6.45, 7) is 2.74. The number of amides is 1. The van der Waals surface area contributed by atoms with Crippen LogP contribution in [-0.2, 0) is 14.3 Å². The van der Waals surface area contributed by atoms with Gasteiger partial charge in [0.25, 0.3) is 0 Å². The van der Waals surface area contributed by atoms with Crippen molar-refractivity contribution in [3.63, 3.8) is 0 Å². The molecule has 0 saturated carbocycles. The van der Waals surface area contributed by atoms with Gasteiger partial charge in [0.1, 0.15) is 5.75 Å². The first-order valence-electron chi connectivity index (χ1n) is 6.40. The first kappa shape index (κ1) is 16.3. The van der Waals surface area contributed by atoms with Gasteiger partial charge in [-0.1, -0.05) is 0 Å². The molecule has 20 heavy (non-hydrogen) atoms. The Morgan fingerprint density at radius 1 is 1.40 bits per heavy atom. The molecule has 1 rings (SSSR count). The van der Waals surface area contributed by atoms with Crippen LogP contribution < -0.4 is 15.8 Å². The Labute approximate surface area is 119 Å². The van der Waals surface area contributed by atoms with Crippen LogP contribution >= 0.6 is 0 Å². The molecule has 0 aliphatic carbocycles. The van der Waals surface area contributed by atoms with Crippen molar-refractivity contribution in [2.75, 3.05) is 38.5 Å². The van der Waals surface area contributed by atoms with E-state index >= 15 is 0 Å². The maximum atomic E-state index is 11.8. The van der Waals surface area contributed by atoms with E-state index in [2.05, 4.69) is 5.32 Å². The highest BCUT2D eigenvalue weighted by atomic mass is 16.5. The molecule has 112 valence electrons.